The minimum atomic E-state index is -0.432. The number of carbonyl (C=O) groups excluding carboxylic acids is 1. The van der Waals surface area contributed by atoms with Crippen LogP contribution in [0.5, 0.6) is 0 Å². The smallest absolute Gasteiger partial charge is 0.248 e. The Kier molecular flexibility index (Phi) is 4.48. The van der Waals surface area contributed by atoms with Crippen LogP contribution < -0.4 is 11.1 Å². The third-order valence-corrected chi connectivity index (χ3v) is 3.19. The van der Waals surface area contributed by atoms with Crippen molar-refractivity contribution >= 4 is 5.91 Å². The highest BCUT2D eigenvalue weighted by atomic mass is 19.1. The lowest BCUT2D eigenvalue weighted by Gasteiger charge is -2.14. The van der Waals surface area contributed by atoms with Gasteiger partial charge in [0.15, 0.2) is 0 Å². The van der Waals surface area contributed by atoms with Crippen LogP contribution in [0.2, 0.25) is 0 Å². The van der Waals surface area contributed by atoms with Gasteiger partial charge in [0.25, 0.3) is 0 Å². The van der Waals surface area contributed by atoms with Crippen LogP contribution in [0.3, 0.4) is 0 Å². The standard InChI is InChI=1S/C16H17FN2O/c1-11(13-5-7-15(17)8-6-13)19-10-12-3-2-4-14(9-12)16(18)20/h2-9,11,19H,10H2,1H3,(H2,18,20)/t11-/m0/s1. The predicted molar refractivity (Wildman–Crippen MR) is 76.6 cm³/mol. The number of amides is 1. The Balaban J connectivity index is 1.99. The van der Waals surface area contributed by atoms with Gasteiger partial charge >= 0.3 is 0 Å². The van der Waals surface area contributed by atoms with Crippen LogP contribution >= 0.6 is 0 Å². The van der Waals surface area contributed by atoms with Gasteiger partial charge in [-0.25, -0.2) is 4.39 Å². The van der Waals surface area contributed by atoms with Crippen molar-refractivity contribution in [3.8, 4) is 0 Å². The molecule has 0 aromatic heterocycles. The van der Waals surface area contributed by atoms with E-state index in [1.54, 1.807) is 30.3 Å². The first kappa shape index (κ1) is 14.2. The fraction of sp³-hybridized carbons (Fsp3) is 0.188. The molecule has 0 saturated carbocycles. The van der Waals surface area contributed by atoms with Gasteiger partial charge in [-0.05, 0) is 42.3 Å². The second-order valence-electron chi connectivity index (χ2n) is 4.72. The van der Waals surface area contributed by atoms with Gasteiger partial charge in [0.1, 0.15) is 5.82 Å². The Labute approximate surface area is 117 Å². The molecule has 2 aromatic carbocycles. The number of hydrogen-bond acceptors (Lipinski definition) is 2. The Hall–Kier alpha value is -2.20. The lowest BCUT2D eigenvalue weighted by molar-refractivity contribution is 0.1000. The van der Waals surface area contributed by atoms with E-state index >= 15 is 0 Å². The predicted octanol–water partition coefficient (Wildman–Crippen LogP) is 2.78. The van der Waals surface area contributed by atoms with Gasteiger partial charge in [0, 0.05) is 18.2 Å². The monoisotopic (exact) mass is 272 g/mol. The first-order chi connectivity index (χ1) is 9.56. The molecule has 0 heterocycles. The molecular weight excluding hydrogens is 255 g/mol. The van der Waals surface area contributed by atoms with E-state index in [9.17, 15) is 9.18 Å². The number of carbonyl (C=O) groups is 1. The summed E-state index contributed by atoms with van der Waals surface area (Å²) in [6.45, 7) is 2.62. The average molecular weight is 272 g/mol. The molecule has 0 aliphatic carbocycles. The maximum atomic E-state index is 12.9. The summed E-state index contributed by atoms with van der Waals surface area (Å²) in [5.41, 5.74) is 7.74. The number of primary amides is 1. The third kappa shape index (κ3) is 3.65. The van der Waals surface area contributed by atoms with Crippen molar-refractivity contribution in [2.75, 3.05) is 0 Å². The summed E-state index contributed by atoms with van der Waals surface area (Å²) in [5.74, 6) is -0.673. The third-order valence-electron chi connectivity index (χ3n) is 3.19. The van der Waals surface area contributed by atoms with E-state index in [1.807, 2.05) is 13.0 Å². The van der Waals surface area contributed by atoms with Gasteiger partial charge < -0.3 is 11.1 Å². The maximum Gasteiger partial charge on any atom is 0.248 e. The van der Waals surface area contributed by atoms with Crippen LogP contribution in [0.1, 0.15) is 34.5 Å². The molecule has 3 nitrogen and oxygen atoms in total. The SMILES string of the molecule is C[C@H](NCc1cccc(C(N)=O)c1)c1ccc(F)cc1. The molecule has 0 aliphatic rings. The molecule has 0 saturated heterocycles. The highest BCUT2D eigenvalue weighted by Crippen LogP contribution is 2.14. The largest absolute Gasteiger partial charge is 0.366 e. The Morgan fingerprint density at radius 1 is 1.25 bits per heavy atom. The summed E-state index contributed by atoms with van der Waals surface area (Å²) in [7, 11) is 0. The minimum Gasteiger partial charge on any atom is -0.366 e. The Morgan fingerprint density at radius 3 is 2.60 bits per heavy atom. The van der Waals surface area contributed by atoms with Gasteiger partial charge in [0.05, 0.1) is 0 Å². The lowest BCUT2D eigenvalue weighted by atomic mass is 10.1. The summed E-state index contributed by atoms with van der Waals surface area (Å²) in [6, 6.07) is 13.7. The summed E-state index contributed by atoms with van der Waals surface area (Å²) in [5, 5.41) is 3.33. The number of nitrogens with one attached hydrogen (secondary N) is 1. The van der Waals surface area contributed by atoms with Crippen molar-refractivity contribution in [2.45, 2.75) is 19.5 Å². The van der Waals surface area contributed by atoms with E-state index < -0.39 is 5.91 Å². The van der Waals surface area contributed by atoms with E-state index in [1.165, 1.54) is 12.1 Å². The van der Waals surface area contributed by atoms with E-state index in [0.29, 0.717) is 12.1 Å². The average Bonchev–Trinajstić information content (AvgIpc) is 2.46. The van der Waals surface area contributed by atoms with Gasteiger partial charge in [0.2, 0.25) is 5.91 Å². The molecule has 1 amide bonds. The number of halogens is 1. The fourth-order valence-corrected chi connectivity index (χ4v) is 1.97. The molecule has 0 bridgehead atoms. The zero-order chi connectivity index (χ0) is 14.5. The minimum absolute atomic E-state index is 0.0906. The van der Waals surface area contributed by atoms with Crippen molar-refractivity contribution in [3.05, 3.63) is 71.0 Å². The Morgan fingerprint density at radius 2 is 1.95 bits per heavy atom. The number of hydrogen-bond donors (Lipinski definition) is 2. The lowest BCUT2D eigenvalue weighted by Crippen LogP contribution is -2.18. The quantitative estimate of drug-likeness (QED) is 0.879. The molecule has 3 N–H and O–H groups in total. The van der Waals surface area contributed by atoms with Crippen molar-refractivity contribution in [2.24, 2.45) is 5.73 Å². The normalized spacial score (nSPS) is 12.1. The molecule has 2 rings (SSSR count). The summed E-state index contributed by atoms with van der Waals surface area (Å²) < 4.78 is 12.9. The number of nitrogens with two attached hydrogens (primary N) is 1. The first-order valence-corrected chi connectivity index (χ1v) is 6.44. The molecule has 0 unspecified atom stereocenters. The van der Waals surface area contributed by atoms with Crippen LogP contribution in [0.15, 0.2) is 48.5 Å². The number of benzene rings is 2. The Bertz CT molecular complexity index is 596. The summed E-state index contributed by atoms with van der Waals surface area (Å²) >= 11 is 0. The second kappa shape index (κ2) is 6.30. The molecule has 0 fully saturated rings. The first-order valence-electron chi connectivity index (χ1n) is 6.44. The van der Waals surface area contributed by atoms with E-state index in [-0.39, 0.29) is 11.9 Å². The molecular formula is C16H17FN2O. The maximum absolute atomic E-state index is 12.9. The van der Waals surface area contributed by atoms with E-state index in [2.05, 4.69) is 5.32 Å². The van der Waals surface area contributed by atoms with Crippen LogP contribution in [0.25, 0.3) is 0 Å². The molecule has 104 valence electrons. The van der Waals surface area contributed by atoms with Crippen molar-refractivity contribution in [1.82, 2.24) is 5.32 Å². The molecule has 0 aliphatic heterocycles. The van der Waals surface area contributed by atoms with Crippen molar-refractivity contribution < 1.29 is 9.18 Å². The van der Waals surface area contributed by atoms with Crippen LogP contribution in [0, 0.1) is 5.82 Å². The molecule has 2 aromatic rings. The molecule has 4 heteroatoms. The highest BCUT2D eigenvalue weighted by molar-refractivity contribution is 5.92. The zero-order valence-corrected chi connectivity index (χ0v) is 11.3. The molecule has 0 radical (unpaired) electrons. The van der Waals surface area contributed by atoms with E-state index in [0.717, 1.165) is 11.1 Å². The zero-order valence-electron chi connectivity index (χ0n) is 11.3. The fourth-order valence-electron chi connectivity index (χ4n) is 1.97. The topological polar surface area (TPSA) is 55.1 Å². The van der Waals surface area contributed by atoms with Crippen LogP contribution in [-0.4, -0.2) is 5.91 Å². The van der Waals surface area contributed by atoms with Gasteiger partial charge in [-0.2, -0.15) is 0 Å². The van der Waals surface area contributed by atoms with Crippen LogP contribution in [0.4, 0.5) is 4.39 Å². The molecule has 20 heavy (non-hydrogen) atoms. The van der Waals surface area contributed by atoms with Gasteiger partial charge in [-0.1, -0.05) is 24.3 Å². The summed E-state index contributed by atoms with van der Waals surface area (Å²) in [6.07, 6.45) is 0. The van der Waals surface area contributed by atoms with Gasteiger partial charge in [-0.3, -0.25) is 4.79 Å². The second-order valence-corrected chi connectivity index (χ2v) is 4.72. The van der Waals surface area contributed by atoms with Crippen molar-refractivity contribution in [1.29, 1.82) is 0 Å². The number of rotatable bonds is 5. The highest BCUT2D eigenvalue weighted by Gasteiger charge is 2.06. The summed E-state index contributed by atoms with van der Waals surface area (Å²) in [4.78, 5) is 11.1. The van der Waals surface area contributed by atoms with E-state index in [4.69, 9.17) is 5.73 Å². The van der Waals surface area contributed by atoms with Crippen molar-refractivity contribution in [3.63, 3.8) is 0 Å². The molecule has 1 atom stereocenters. The molecule has 0 spiro atoms. The van der Waals surface area contributed by atoms with Crippen LogP contribution in [-0.2, 0) is 6.54 Å². The van der Waals surface area contributed by atoms with Gasteiger partial charge in [-0.15, -0.1) is 0 Å².